The van der Waals surface area contributed by atoms with Gasteiger partial charge >= 0.3 is 0 Å². The quantitative estimate of drug-likeness (QED) is 0.496. The molecule has 4 heteroatoms. The molecule has 1 amide bonds. The Balaban J connectivity index is 2.19. The van der Waals surface area contributed by atoms with E-state index < -0.39 is 12.2 Å². The molecule has 3 atom stereocenters. The van der Waals surface area contributed by atoms with Crippen molar-refractivity contribution in [2.45, 2.75) is 37.5 Å². The van der Waals surface area contributed by atoms with E-state index in [4.69, 9.17) is 0 Å². The van der Waals surface area contributed by atoms with E-state index in [0.29, 0.717) is 6.54 Å². The van der Waals surface area contributed by atoms with Gasteiger partial charge in [0, 0.05) is 6.54 Å². The number of rotatable bonds is 0. The number of fused-ring (bicyclic) bond motifs is 1. The third-order valence-corrected chi connectivity index (χ3v) is 2.80. The number of nitrogens with zero attached hydrogens (tertiary/aromatic N) is 1. The van der Waals surface area contributed by atoms with Crippen molar-refractivity contribution in [3.8, 4) is 0 Å². The van der Waals surface area contributed by atoms with Crippen LogP contribution < -0.4 is 0 Å². The summed E-state index contributed by atoms with van der Waals surface area (Å²) in [5.41, 5.74) is 0. The summed E-state index contributed by atoms with van der Waals surface area (Å²) >= 11 is 0. The lowest BCUT2D eigenvalue weighted by Gasteiger charge is -2.30. The van der Waals surface area contributed by atoms with Crippen molar-refractivity contribution in [1.82, 2.24) is 4.90 Å². The lowest BCUT2D eigenvalue weighted by atomic mass is 10.0. The largest absolute Gasteiger partial charge is 0.388 e. The van der Waals surface area contributed by atoms with Crippen molar-refractivity contribution in [3.05, 3.63) is 0 Å². The first-order valence-electron chi connectivity index (χ1n) is 4.38. The van der Waals surface area contributed by atoms with Crippen molar-refractivity contribution in [2.75, 3.05) is 6.54 Å². The molecule has 12 heavy (non-hydrogen) atoms. The average Bonchev–Trinajstić information content (AvgIpc) is 2.33. The van der Waals surface area contributed by atoms with Crippen LogP contribution in [0.3, 0.4) is 0 Å². The maximum atomic E-state index is 11.3. The topological polar surface area (TPSA) is 60.8 Å². The Bertz CT molecular complexity index is 206. The van der Waals surface area contributed by atoms with E-state index in [1.165, 1.54) is 0 Å². The Morgan fingerprint density at radius 1 is 1.33 bits per heavy atom. The highest BCUT2D eigenvalue weighted by molar-refractivity contribution is 5.84. The molecule has 0 radical (unpaired) electrons. The fourth-order valence-electron chi connectivity index (χ4n) is 2.11. The Labute approximate surface area is 70.8 Å². The van der Waals surface area contributed by atoms with Crippen molar-refractivity contribution in [2.24, 2.45) is 0 Å². The van der Waals surface area contributed by atoms with Gasteiger partial charge < -0.3 is 15.1 Å². The fourth-order valence-corrected chi connectivity index (χ4v) is 2.11. The van der Waals surface area contributed by atoms with Gasteiger partial charge in [0.15, 0.2) is 6.10 Å². The van der Waals surface area contributed by atoms with Crippen LogP contribution in [0, 0.1) is 0 Å². The van der Waals surface area contributed by atoms with Crippen molar-refractivity contribution in [1.29, 1.82) is 0 Å². The molecule has 0 bridgehead atoms. The second-order valence-electron chi connectivity index (χ2n) is 3.53. The second-order valence-corrected chi connectivity index (χ2v) is 3.53. The lowest BCUT2D eigenvalue weighted by molar-refractivity contribution is -0.136. The van der Waals surface area contributed by atoms with Crippen LogP contribution in [0.15, 0.2) is 0 Å². The standard InChI is InChI=1S/C8H13NO3/c10-6-5-3-1-2-4-9(5)8(12)7(6)11/h5-7,10-11H,1-4H2/t5-,6-,7+/m0/s1. The molecule has 2 rings (SSSR count). The zero-order chi connectivity index (χ0) is 8.72. The molecule has 0 spiro atoms. The lowest BCUT2D eigenvalue weighted by Crippen LogP contribution is -2.40. The summed E-state index contributed by atoms with van der Waals surface area (Å²) in [5, 5.41) is 18.7. The molecule has 2 N–H and O–H groups in total. The first-order valence-corrected chi connectivity index (χ1v) is 4.38. The Morgan fingerprint density at radius 3 is 2.75 bits per heavy atom. The number of hydrogen-bond acceptors (Lipinski definition) is 3. The van der Waals surface area contributed by atoms with Gasteiger partial charge in [-0.25, -0.2) is 0 Å². The summed E-state index contributed by atoms with van der Waals surface area (Å²) in [6, 6.07) is -0.124. The van der Waals surface area contributed by atoms with Crippen molar-refractivity contribution >= 4 is 5.91 Å². The molecule has 0 unspecified atom stereocenters. The number of hydrogen-bond donors (Lipinski definition) is 2. The van der Waals surface area contributed by atoms with Crippen LogP contribution >= 0.6 is 0 Å². The first-order chi connectivity index (χ1) is 5.72. The van der Waals surface area contributed by atoms with Crippen LogP contribution in [-0.2, 0) is 4.79 Å². The number of carbonyl (C=O) groups excluding carboxylic acids is 1. The van der Waals surface area contributed by atoms with Crippen LogP contribution in [0.2, 0.25) is 0 Å². The summed E-state index contributed by atoms with van der Waals surface area (Å²) in [5.74, 6) is -0.299. The van der Waals surface area contributed by atoms with Crippen LogP contribution in [0.4, 0.5) is 0 Å². The second kappa shape index (κ2) is 2.71. The predicted molar refractivity (Wildman–Crippen MR) is 41.4 cm³/mol. The fraction of sp³-hybridized carbons (Fsp3) is 0.875. The highest BCUT2D eigenvalue weighted by Crippen LogP contribution is 2.28. The van der Waals surface area contributed by atoms with E-state index in [1.54, 1.807) is 4.90 Å². The smallest absolute Gasteiger partial charge is 0.254 e. The molecule has 0 aliphatic carbocycles. The van der Waals surface area contributed by atoms with Crippen LogP contribution in [0.5, 0.6) is 0 Å². The van der Waals surface area contributed by atoms with Crippen molar-refractivity contribution < 1.29 is 15.0 Å². The molecule has 68 valence electrons. The van der Waals surface area contributed by atoms with E-state index in [1.807, 2.05) is 0 Å². The number of piperidine rings is 1. The molecule has 0 aromatic rings. The summed E-state index contributed by atoms with van der Waals surface area (Å²) in [7, 11) is 0. The van der Waals surface area contributed by atoms with E-state index >= 15 is 0 Å². The number of aliphatic hydroxyl groups excluding tert-OH is 2. The Kier molecular flexibility index (Phi) is 1.81. The maximum absolute atomic E-state index is 11.3. The third-order valence-electron chi connectivity index (χ3n) is 2.80. The monoisotopic (exact) mass is 171 g/mol. The SMILES string of the molecule is O=C1[C@H](O)[C@@H](O)[C@@H]2CCCCN12. The summed E-state index contributed by atoms with van der Waals surface area (Å²) < 4.78 is 0. The van der Waals surface area contributed by atoms with Crippen LogP contribution in [-0.4, -0.2) is 45.8 Å². The van der Waals surface area contributed by atoms with E-state index in [2.05, 4.69) is 0 Å². The van der Waals surface area contributed by atoms with Crippen LogP contribution in [0.1, 0.15) is 19.3 Å². The van der Waals surface area contributed by atoms with Gasteiger partial charge in [-0.2, -0.15) is 0 Å². The van der Waals surface area contributed by atoms with Gasteiger partial charge in [-0.15, -0.1) is 0 Å². The van der Waals surface area contributed by atoms with E-state index in [9.17, 15) is 15.0 Å². The zero-order valence-corrected chi connectivity index (χ0v) is 6.81. The number of amides is 1. The highest BCUT2D eigenvalue weighted by Gasteiger charge is 2.46. The van der Waals surface area contributed by atoms with Gasteiger partial charge in [0.1, 0.15) is 6.10 Å². The van der Waals surface area contributed by atoms with E-state index in [-0.39, 0.29) is 11.9 Å². The van der Waals surface area contributed by atoms with Crippen molar-refractivity contribution in [3.63, 3.8) is 0 Å². The van der Waals surface area contributed by atoms with Gasteiger partial charge in [0.05, 0.1) is 6.04 Å². The predicted octanol–water partition coefficient (Wildman–Crippen LogP) is -0.897. The maximum Gasteiger partial charge on any atom is 0.254 e. The Morgan fingerprint density at radius 2 is 2.08 bits per heavy atom. The highest BCUT2D eigenvalue weighted by atomic mass is 16.3. The molecule has 2 heterocycles. The van der Waals surface area contributed by atoms with Gasteiger partial charge in [-0.1, -0.05) is 0 Å². The minimum Gasteiger partial charge on any atom is -0.388 e. The summed E-state index contributed by atoms with van der Waals surface area (Å²) in [4.78, 5) is 12.9. The van der Waals surface area contributed by atoms with Gasteiger partial charge in [-0.3, -0.25) is 4.79 Å². The first kappa shape index (κ1) is 8.01. The zero-order valence-electron chi connectivity index (χ0n) is 6.81. The molecule has 2 aliphatic heterocycles. The summed E-state index contributed by atoms with van der Waals surface area (Å²) in [6.07, 6.45) is 0.815. The molecular formula is C8H13NO3. The Hall–Kier alpha value is -0.610. The molecular weight excluding hydrogens is 158 g/mol. The van der Waals surface area contributed by atoms with E-state index in [0.717, 1.165) is 19.3 Å². The minimum atomic E-state index is -1.17. The molecule has 0 aromatic carbocycles. The molecule has 2 saturated heterocycles. The molecule has 4 nitrogen and oxygen atoms in total. The van der Waals surface area contributed by atoms with Gasteiger partial charge in [0.2, 0.25) is 0 Å². The molecule has 2 aliphatic rings. The van der Waals surface area contributed by atoms with Gasteiger partial charge in [0.25, 0.3) is 5.91 Å². The summed E-state index contributed by atoms with van der Waals surface area (Å²) in [6.45, 7) is 0.692. The molecule has 0 saturated carbocycles. The normalized spacial score (nSPS) is 41.7. The number of aliphatic hydroxyl groups is 2. The van der Waals surface area contributed by atoms with Crippen LogP contribution in [0.25, 0.3) is 0 Å². The number of carbonyl (C=O) groups is 1. The third kappa shape index (κ3) is 0.949. The minimum absolute atomic E-state index is 0.124. The molecule has 0 aromatic heterocycles. The average molecular weight is 171 g/mol. The van der Waals surface area contributed by atoms with Gasteiger partial charge in [-0.05, 0) is 19.3 Å². The molecule has 2 fully saturated rings.